The second kappa shape index (κ2) is 5.65. The number of nitrogens with one attached hydrogen (secondary N) is 1. The van der Waals surface area contributed by atoms with Crippen molar-refractivity contribution in [2.75, 3.05) is 5.32 Å². The topological polar surface area (TPSA) is 12.0 Å². The SMILES string of the molecule is FC(F)(F)c1ccccc1CNc1ccc(Br)cc1. The Morgan fingerprint density at radius 2 is 1.58 bits per heavy atom. The minimum absolute atomic E-state index is 0.136. The largest absolute Gasteiger partial charge is 0.416 e. The van der Waals surface area contributed by atoms with Crippen LogP contribution in [0.1, 0.15) is 11.1 Å². The minimum Gasteiger partial charge on any atom is -0.381 e. The molecule has 1 N–H and O–H groups in total. The van der Waals surface area contributed by atoms with E-state index in [0.717, 1.165) is 16.2 Å². The van der Waals surface area contributed by atoms with Gasteiger partial charge < -0.3 is 5.32 Å². The van der Waals surface area contributed by atoms with Gasteiger partial charge in [-0.05, 0) is 35.9 Å². The van der Waals surface area contributed by atoms with Gasteiger partial charge in [0.15, 0.2) is 0 Å². The van der Waals surface area contributed by atoms with Crippen LogP contribution in [0.25, 0.3) is 0 Å². The summed E-state index contributed by atoms with van der Waals surface area (Å²) < 4.78 is 39.3. The van der Waals surface area contributed by atoms with E-state index in [1.54, 1.807) is 18.2 Å². The number of halogens is 4. The van der Waals surface area contributed by atoms with Gasteiger partial charge in [-0.3, -0.25) is 0 Å². The predicted octanol–water partition coefficient (Wildman–Crippen LogP) is 5.08. The van der Waals surface area contributed by atoms with Crippen LogP contribution in [0, 0.1) is 0 Å². The van der Waals surface area contributed by atoms with Crippen LogP contribution in [0.5, 0.6) is 0 Å². The van der Waals surface area contributed by atoms with E-state index in [4.69, 9.17) is 0 Å². The molecule has 0 radical (unpaired) electrons. The van der Waals surface area contributed by atoms with Crippen molar-refractivity contribution in [3.05, 3.63) is 64.1 Å². The van der Waals surface area contributed by atoms with Gasteiger partial charge in [-0.2, -0.15) is 13.2 Å². The van der Waals surface area contributed by atoms with Crippen LogP contribution < -0.4 is 5.32 Å². The first kappa shape index (κ1) is 13.9. The molecule has 0 heterocycles. The average molecular weight is 330 g/mol. The molecule has 0 saturated carbocycles. The Morgan fingerprint density at radius 3 is 2.21 bits per heavy atom. The van der Waals surface area contributed by atoms with Crippen molar-refractivity contribution >= 4 is 21.6 Å². The molecule has 0 fully saturated rings. The lowest BCUT2D eigenvalue weighted by Crippen LogP contribution is -2.11. The van der Waals surface area contributed by atoms with Gasteiger partial charge in [0.2, 0.25) is 0 Å². The van der Waals surface area contributed by atoms with E-state index in [1.165, 1.54) is 12.1 Å². The van der Waals surface area contributed by atoms with Crippen LogP contribution in [-0.2, 0) is 12.7 Å². The molecule has 0 aromatic heterocycles. The molecule has 2 rings (SSSR count). The summed E-state index contributed by atoms with van der Waals surface area (Å²) in [5, 5.41) is 2.98. The zero-order chi connectivity index (χ0) is 13.9. The Hall–Kier alpha value is -1.49. The van der Waals surface area contributed by atoms with E-state index in [0.29, 0.717) is 0 Å². The summed E-state index contributed by atoms with van der Waals surface area (Å²) in [5.74, 6) is 0. The van der Waals surface area contributed by atoms with Gasteiger partial charge in [0, 0.05) is 16.7 Å². The second-order valence-electron chi connectivity index (χ2n) is 4.02. The smallest absolute Gasteiger partial charge is 0.381 e. The van der Waals surface area contributed by atoms with E-state index < -0.39 is 11.7 Å². The second-order valence-corrected chi connectivity index (χ2v) is 4.93. The summed E-state index contributed by atoms with van der Waals surface area (Å²) in [6.45, 7) is 0.136. The summed E-state index contributed by atoms with van der Waals surface area (Å²) in [4.78, 5) is 0. The van der Waals surface area contributed by atoms with E-state index >= 15 is 0 Å². The van der Waals surface area contributed by atoms with Crippen molar-refractivity contribution in [1.82, 2.24) is 0 Å². The predicted molar refractivity (Wildman–Crippen MR) is 72.9 cm³/mol. The Labute approximate surface area is 117 Å². The number of hydrogen-bond acceptors (Lipinski definition) is 1. The first-order chi connectivity index (χ1) is 8.97. The molecule has 100 valence electrons. The molecule has 0 spiro atoms. The van der Waals surface area contributed by atoms with Crippen LogP contribution >= 0.6 is 15.9 Å². The number of anilines is 1. The highest BCUT2D eigenvalue weighted by Gasteiger charge is 2.32. The van der Waals surface area contributed by atoms with Gasteiger partial charge in [-0.1, -0.05) is 34.1 Å². The number of rotatable bonds is 3. The molecular weight excluding hydrogens is 319 g/mol. The zero-order valence-corrected chi connectivity index (χ0v) is 11.4. The maximum absolute atomic E-state index is 12.8. The molecule has 0 unspecified atom stereocenters. The van der Waals surface area contributed by atoms with E-state index in [-0.39, 0.29) is 12.1 Å². The summed E-state index contributed by atoms with van der Waals surface area (Å²) in [7, 11) is 0. The highest BCUT2D eigenvalue weighted by atomic mass is 79.9. The maximum atomic E-state index is 12.8. The molecule has 2 aromatic carbocycles. The van der Waals surface area contributed by atoms with Gasteiger partial charge in [-0.15, -0.1) is 0 Å². The molecular formula is C14H11BrF3N. The van der Waals surface area contributed by atoms with E-state index in [1.807, 2.05) is 12.1 Å². The molecule has 5 heteroatoms. The highest BCUT2D eigenvalue weighted by Crippen LogP contribution is 2.32. The van der Waals surface area contributed by atoms with Crippen molar-refractivity contribution < 1.29 is 13.2 Å². The monoisotopic (exact) mass is 329 g/mol. The van der Waals surface area contributed by atoms with Crippen LogP contribution in [0.2, 0.25) is 0 Å². The lowest BCUT2D eigenvalue weighted by atomic mass is 10.1. The van der Waals surface area contributed by atoms with E-state index in [2.05, 4.69) is 21.2 Å². The Bertz CT molecular complexity index is 549. The Morgan fingerprint density at radius 1 is 0.947 bits per heavy atom. The lowest BCUT2D eigenvalue weighted by molar-refractivity contribution is -0.138. The van der Waals surface area contributed by atoms with Crippen LogP contribution in [0.3, 0.4) is 0 Å². The summed E-state index contributed by atoms with van der Waals surface area (Å²) in [6, 6.07) is 12.9. The van der Waals surface area contributed by atoms with Crippen molar-refractivity contribution in [2.24, 2.45) is 0 Å². The molecule has 0 saturated heterocycles. The summed E-state index contributed by atoms with van der Waals surface area (Å²) in [6.07, 6.45) is -4.32. The average Bonchev–Trinajstić information content (AvgIpc) is 2.37. The highest BCUT2D eigenvalue weighted by molar-refractivity contribution is 9.10. The van der Waals surface area contributed by atoms with Gasteiger partial charge >= 0.3 is 6.18 Å². The Kier molecular flexibility index (Phi) is 4.14. The molecule has 0 aliphatic heterocycles. The third-order valence-corrected chi connectivity index (χ3v) is 3.18. The molecule has 19 heavy (non-hydrogen) atoms. The first-order valence-electron chi connectivity index (χ1n) is 5.61. The van der Waals surface area contributed by atoms with Gasteiger partial charge in [0.25, 0.3) is 0 Å². The van der Waals surface area contributed by atoms with Crippen molar-refractivity contribution in [3.8, 4) is 0 Å². The maximum Gasteiger partial charge on any atom is 0.416 e. The summed E-state index contributed by atoms with van der Waals surface area (Å²) in [5.41, 5.74) is 0.415. The normalized spacial score (nSPS) is 11.4. The van der Waals surface area contributed by atoms with Crippen LogP contribution in [0.15, 0.2) is 53.0 Å². The lowest BCUT2D eigenvalue weighted by Gasteiger charge is -2.13. The first-order valence-corrected chi connectivity index (χ1v) is 6.40. The molecule has 2 aromatic rings. The molecule has 0 aliphatic carbocycles. The quantitative estimate of drug-likeness (QED) is 0.827. The van der Waals surface area contributed by atoms with Crippen molar-refractivity contribution in [2.45, 2.75) is 12.7 Å². The molecule has 0 aliphatic rings. The van der Waals surface area contributed by atoms with Crippen LogP contribution in [0.4, 0.5) is 18.9 Å². The molecule has 0 atom stereocenters. The Balaban J connectivity index is 2.14. The number of hydrogen-bond donors (Lipinski definition) is 1. The third kappa shape index (κ3) is 3.73. The fourth-order valence-corrected chi connectivity index (χ4v) is 1.98. The molecule has 1 nitrogen and oxygen atoms in total. The summed E-state index contributed by atoms with van der Waals surface area (Å²) >= 11 is 3.30. The third-order valence-electron chi connectivity index (χ3n) is 2.65. The fourth-order valence-electron chi connectivity index (χ4n) is 1.72. The van der Waals surface area contributed by atoms with Crippen molar-refractivity contribution in [3.63, 3.8) is 0 Å². The van der Waals surface area contributed by atoms with E-state index in [9.17, 15) is 13.2 Å². The van der Waals surface area contributed by atoms with Gasteiger partial charge in [-0.25, -0.2) is 0 Å². The minimum atomic E-state index is -4.32. The molecule has 0 amide bonds. The van der Waals surface area contributed by atoms with Crippen molar-refractivity contribution in [1.29, 1.82) is 0 Å². The van der Waals surface area contributed by atoms with Gasteiger partial charge in [0.05, 0.1) is 5.56 Å². The molecule has 0 bridgehead atoms. The fraction of sp³-hybridized carbons (Fsp3) is 0.143. The van der Waals surface area contributed by atoms with Gasteiger partial charge in [0.1, 0.15) is 0 Å². The van der Waals surface area contributed by atoms with Crippen LogP contribution in [-0.4, -0.2) is 0 Å². The number of benzene rings is 2. The standard InChI is InChI=1S/C14H11BrF3N/c15-11-5-7-12(8-6-11)19-9-10-3-1-2-4-13(10)14(16,17)18/h1-8,19H,9H2. The zero-order valence-electron chi connectivity index (χ0n) is 9.84. The number of alkyl halides is 3.